The zero-order chi connectivity index (χ0) is 13.9. The predicted molar refractivity (Wildman–Crippen MR) is 69.8 cm³/mol. The highest BCUT2D eigenvalue weighted by molar-refractivity contribution is 5.86. The van der Waals surface area contributed by atoms with Gasteiger partial charge >= 0.3 is 5.97 Å². The van der Waals surface area contributed by atoms with E-state index in [0.717, 1.165) is 5.69 Å². The second-order valence-corrected chi connectivity index (χ2v) is 4.02. The standard InChI is InChI=1S/C13H11N5O2/c1-20-13(19)12-9-18(16-15-12)11-7-14-17(8-11)10-5-3-2-4-6-10/h2-9H,1H3. The molecule has 0 bridgehead atoms. The number of carbonyl (C=O) groups excluding carboxylic acids is 1. The molecule has 0 aliphatic rings. The van der Waals surface area contributed by atoms with Crippen molar-refractivity contribution in [1.29, 1.82) is 0 Å². The zero-order valence-corrected chi connectivity index (χ0v) is 10.7. The van der Waals surface area contributed by atoms with Gasteiger partial charge in [-0.15, -0.1) is 5.10 Å². The van der Waals surface area contributed by atoms with Crippen molar-refractivity contribution < 1.29 is 9.53 Å². The number of nitrogens with zero attached hydrogens (tertiary/aromatic N) is 5. The smallest absolute Gasteiger partial charge is 0.360 e. The third-order valence-electron chi connectivity index (χ3n) is 2.74. The molecule has 3 rings (SSSR count). The highest BCUT2D eigenvalue weighted by atomic mass is 16.5. The molecule has 0 radical (unpaired) electrons. The molecular formula is C13H11N5O2. The highest BCUT2D eigenvalue weighted by Crippen LogP contribution is 2.11. The molecule has 0 saturated carbocycles. The molecule has 7 heteroatoms. The van der Waals surface area contributed by atoms with Crippen LogP contribution in [-0.2, 0) is 4.74 Å². The Bertz CT molecular complexity index is 732. The maximum absolute atomic E-state index is 11.3. The van der Waals surface area contributed by atoms with Crippen molar-refractivity contribution in [2.45, 2.75) is 0 Å². The van der Waals surface area contributed by atoms with Gasteiger partial charge in [-0.25, -0.2) is 14.2 Å². The second-order valence-electron chi connectivity index (χ2n) is 4.02. The summed E-state index contributed by atoms with van der Waals surface area (Å²) in [6, 6.07) is 9.69. The quantitative estimate of drug-likeness (QED) is 0.669. The number of rotatable bonds is 3. The molecule has 0 amide bonds. The van der Waals surface area contributed by atoms with E-state index in [9.17, 15) is 4.79 Å². The van der Waals surface area contributed by atoms with Crippen LogP contribution in [0.4, 0.5) is 0 Å². The fourth-order valence-electron chi connectivity index (χ4n) is 1.74. The first-order valence-electron chi connectivity index (χ1n) is 5.89. The molecule has 2 heterocycles. The normalized spacial score (nSPS) is 10.4. The first-order chi connectivity index (χ1) is 9.78. The molecule has 20 heavy (non-hydrogen) atoms. The molecule has 0 unspecified atom stereocenters. The third-order valence-corrected chi connectivity index (χ3v) is 2.74. The summed E-state index contributed by atoms with van der Waals surface area (Å²) in [5.41, 5.74) is 1.79. The molecular weight excluding hydrogens is 258 g/mol. The van der Waals surface area contributed by atoms with Gasteiger partial charge in [-0.1, -0.05) is 23.4 Å². The Morgan fingerprint density at radius 2 is 1.90 bits per heavy atom. The second kappa shape index (κ2) is 4.96. The average molecular weight is 269 g/mol. The van der Waals surface area contributed by atoms with Crippen molar-refractivity contribution in [3.8, 4) is 11.4 Å². The molecule has 0 N–H and O–H groups in total. The minimum absolute atomic E-state index is 0.153. The molecule has 0 spiro atoms. The predicted octanol–water partition coefficient (Wildman–Crippen LogP) is 1.24. The van der Waals surface area contributed by atoms with Crippen LogP contribution < -0.4 is 0 Å². The maximum atomic E-state index is 11.3. The van der Waals surface area contributed by atoms with Crippen LogP contribution in [-0.4, -0.2) is 37.9 Å². The van der Waals surface area contributed by atoms with E-state index in [1.165, 1.54) is 18.0 Å². The van der Waals surface area contributed by atoms with Crippen molar-refractivity contribution >= 4 is 5.97 Å². The molecule has 0 aliphatic heterocycles. The lowest BCUT2D eigenvalue weighted by Gasteiger charge is -1.98. The summed E-state index contributed by atoms with van der Waals surface area (Å²) in [5, 5.41) is 11.9. The molecule has 2 aromatic heterocycles. The number of aromatic nitrogens is 5. The van der Waals surface area contributed by atoms with Gasteiger partial charge in [0.2, 0.25) is 0 Å². The van der Waals surface area contributed by atoms with Crippen molar-refractivity contribution in [2.24, 2.45) is 0 Å². The lowest BCUT2D eigenvalue weighted by atomic mass is 10.3. The number of esters is 1. The number of carbonyl (C=O) groups is 1. The largest absolute Gasteiger partial charge is 0.464 e. The van der Waals surface area contributed by atoms with Gasteiger partial charge in [-0.2, -0.15) is 5.10 Å². The van der Waals surface area contributed by atoms with E-state index >= 15 is 0 Å². The van der Waals surface area contributed by atoms with Crippen LogP contribution in [0, 0.1) is 0 Å². The van der Waals surface area contributed by atoms with Crippen LogP contribution in [0.25, 0.3) is 11.4 Å². The van der Waals surface area contributed by atoms with E-state index in [2.05, 4.69) is 20.1 Å². The highest BCUT2D eigenvalue weighted by Gasteiger charge is 2.12. The van der Waals surface area contributed by atoms with Gasteiger partial charge in [-0.3, -0.25) is 0 Å². The maximum Gasteiger partial charge on any atom is 0.360 e. The van der Waals surface area contributed by atoms with Crippen LogP contribution in [0.2, 0.25) is 0 Å². The van der Waals surface area contributed by atoms with E-state index in [1.807, 2.05) is 30.3 Å². The Labute approximate surface area is 114 Å². The molecule has 0 saturated heterocycles. The van der Waals surface area contributed by atoms with Gasteiger partial charge in [0, 0.05) is 0 Å². The number of hydrogen-bond acceptors (Lipinski definition) is 5. The lowest BCUT2D eigenvalue weighted by molar-refractivity contribution is 0.0594. The Morgan fingerprint density at radius 3 is 2.65 bits per heavy atom. The molecule has 0 aliphatic carbocycles. The molecule has 7 nitrogen and oxygen atoms in total. The topological polar surface area (TPSA) is 74.8 Å². The summed E-state index contributed by atoms with van der Waals surface area (Å²) >= 11 is 0. The van der Waals surface area contributed by atoms with E-state index < -0.39 is 5.97 Å². The number of methoxy groups -OCH3 is 1. The summed E-state index contributed by atoms with van der Waals surface area (Å²) in [6.45, 7) is 0. The zero-order valence-electron chi connectivity index (χ0n) is 10.7. The molecule has 3 aromatic rings. The lowest BCUT2D eigenvalue weighted by Crippen LogP contribution is -2.01. The summed E-state index contributed by atoms with van der Waals surface area (Å²) in [7, 11) is 1.30. The first kappa shape index (κ1) is 12.1. The number of hydrogen-bond donors (Lipinski definition) is 0. The van der Waals surface area contributed by atoms with E-state index in [4.69, 9.17) is 0 Å². The molecule has 0 fully saturated rings. The number of benzene rings is 1. The fourth-order valence-corrected chi connectivity index (χ4v) is 1.74. The van der Waals surface area contributed by atoms with Crippen molar-refractivity contribution in [3.05, 3.63) is 54.6 Å². The Morgan fingerprint density at radius 1 is 1.10 bits per heavy atom. The first-order valence-corrected chi connectivity index (χ1v) is 5.89. The summed E-state index contributed by atoms with van der Waals surface area (Å²) < 4.78 is 7.77. The van der Waals surface area contributed by atoms with Crippen molar-refractivity contribution in [3.63, 3.8) is 0 Å². The average Bonchev–Trinajstić information content (AvgIpc) is 3.16. The van der Waals surface area contributed by atoms with Crippen LogP contribution in [0.3, 0.4) is 0 Å². The van der Waals surface area contributed by atoms with Gasteiger partial charge in [0.1, 0.15) is 5.69 Å². The van der Waals surface area contributed by atoms with E-state index in [-0.39, 0.29) is 5.69 Å². The molecule has 0 atom stereocenters. The van der Waals surface area contributed by atoms with Crippen molar-refractivity contribution in [1.82, 2.24) is 24.8 Å². The Kier molecular flexibility index (Phi) is 3.00. The summed E-state index contributed by atoms with van der Waals surface area (Å²) in [4.78, 5) is 11.3. The van der Waals surface area contributed by atoms with E-state index in [1.54, 1.807) is 17.1 Å². The molecule has 1 aromatic carbocycles. The molecule has 100 valence electrons. The van der Waals surface area contributed by atoms with Gasteiger partial charge in [0.15, 0.2) is 5.69 Å². The van der Waals surface area contributed by atoms with Crippen molar-refractivity contribution in [2.75, 3.05) is 7.11 Å². The number of para-hydroxylation sites is 1. The SMILES string of the molecule is COC(=O)c1cn(-c2cnn(-c3ccccc3)c2)nn1. The number of ether oxygens (including phenoxy) is 1. The Balaban J connectivity index is 1.91. The van der Waals surface area contributed by atoms with E-state index in [0.29, 0.717) is 5.69 Å². The third kappa shape index (κ3) is 2.16. The van der Waals surface area contributed by atoms with Crippen LogP contribution in [0.15, 0.2) is 48.9 Å². The minimum Gasteiger partial charge on any atom is -0.464 e. The van der Waals surface area contributed by atoms with Crippen LogP contribution in [0.5, 0.6) is 0 Å². The minimum atomic E-state index is -0.522. The summed E-state index contributed by atoms with van der Waals surface area (Å²) in [5.74, 6) is -0.522. The monoisotopic (exact) mass is 269 g/mol. The fraction of sp³-hybridized carbons (Fsp3) is 0.0769. The van der Waals surface area contributed by atoms with Gasteiger partial charge < -0.3 is 4.74 Å². The Hall–Kier alpha value is -2.96. The summed E-state index contributed by atoms with van der Waals surface area (Å²) in [6.07, 6.45) is 4.94. The van der Waals surface area contributed by atoms with Crippen LogP contribution >= 0.6 is 0 Å². The van der Waals surface area contributed by atoms with Gasteiger partial charge in [0.25, 0.3) is 0 Å². The van der Waals surface area contributed by atoms with Gasteiger partial charge in [0.05, 0.1) is 31.4 Å². The van der Waals surface area contributed by atoms with Crippen LogP contribution in [0.1, 0.15) is 10.5 Å². The van der Waals surface area contributed by atoms with Gasteiger partial charge in [-0.05, 0) is 12.1 Å².